The summed E-state index contributed by atoms with van der Waals surface area (Å²) in [5.41, 5.74) is 0.645. The summed E-state index contributed by atoms with van der Waals surface area (Å²) in [5.74, 6) is 1.27. The Morgan fingerprint density at radius 1 is 1.19 bits per heavy atom. The molecule has 0 atom stereocenters. The van der Waals surface area contributed by atoms with Crippen LogP contribution >= 0.6 is 0 Å². The lowest BCUT2D eigenvalue weighted by Crippen LogP contribution is -2.39. The Labute approximate surface area is 120 Å². The van der Waals surface area contributed by atoms with Crippen LogP contribution in [0.1, 0.15) is 5.56 Å². The van der Waals surface area contributed by atoms with Crippen LogP contribution in [0.4, 0.5) is 11.5 Å². The van der Waals surface area contributed by atoms with E-state index in [1.807, 2.05) is 12.1 Å². The van der Waals surface area contributed by atoms with Crippen molar-refractivity contribution in [2.24, 2.45) is 7.05 Å². The summed E-state index contributed by atoms with van der Waals surface area (Å²) in [5, 5.41) is 5.93. The van der Waals surface area contributed by atoms with Gasteiger partial charge in [0.1, 0.15) is 17.3 Å². The summed E-state index contributed by atoms with van der Waals surface area (Å²) in [7, 11) is 3.24. The Hall–Kier alpha value is -2.70. The Kier molecular flexibility index (Phi) is 3.17. The summed E-state index contributed by atoms with van der Waals surface area (Å²) >= 11 is 0. The first-order valence-electron chi connectivity index (χ1n) is 6.56. The summed E-state index contributed by atoms with van der Waals surface area (Å²) in [4.78, 5) is 24.7. The standard InChI is InChI=1S/C14H16N4O3/c1-17-12-11(15-8-16-12)13(19)18(14(17)20)7-9-3-5-10(21-2)6-4-9/h3-6,15-16H,7-8H2,1-2H3. The van der Waals surface area contributed by atoms with Crippen LogP contribution in [0.15, 0.2) is 33.9 Å². The van der Waals surface area contributed by atoms with Gasteiger partial charge >= 0.3 is 5.69 Å². The first-order valence-corrected chi connectivity index (χ1v) is 6.56. The van der Waals surface area contributed by atoms with Crippen LogP contribution in [0.25, 0.3) is 0 Å². The van der Waals surface area contributed by atoms with Crippen molar-refractivity contribution in [3.63, 3.8) is 0 Å². The molecule has 1 aromatic heterocycles. The molecule has 1 aliphatic rings. The highest BCUT2D eigenvalue weighted by atomic mass is 16.5. The Morgan fingerprint density at radius 2 is 1.90 bits per heavy atom. The van der Waals surface area contributed by atoms with Crippen molar-refractivity contribution in [3.8, 4) is 5.75 Å². The van der Waals surface area contributed by atoms with E-state index in [9.17, 15) is 9.59 Å². The van der Waals surface area contributed by atoms with E-state index in [4.69, 9.17) is 4.74 Å². The van der Waals surface area contributed by atoms with Crippen LogP contribution in [0.2, 0.25) is 0 Å². The molecule has 7 nitrogen and oxygen atoms in total. The minimum atomic E-state index is -0.342. The Balaban J connectivity index is 2.05. The predicted molar refractivity (Wildman–Crippen MR) is 80.2 cm³/mol. The molecular formula is C14H16N4O3. The highest BCUT2D eigenvalue weighted by molar-refractivity contribution is 5.68. The lowest BCUT2D eigenvalue weighted by Gasteiger charge is -2.11. The molecule has 0 saturated heterocycles. The normalized spacial score (nSPS) is 12.5. The number of benzene rings is 1. The third-order valence-corrected chi connectivity index (χ3v) is 3.57. The average Bonchev–Trinajstić information content (AvgIpc) is 3.00. The smallest absolute Gasteiger partial charge is 0.332 e. The Bertz CT molecular complexity index is 790. The van der Waals surface area contributed by atoms with Gasteiger partial charge in [-0.15, -0.1) is 0 Å². The molecule has 0 aliphatic carbocycles. The third kappa shape index (κ3) is 2.16. The van der Waals surface area contributed by atoms with Gasteiger partial charge in [-0.25, -0.2) is 4.79 Å². The van der Waals surface area contributed by atoms with Gasteiger partial charge < -0.3 is 15.4 Å². The van der Waals surface area contributed by atoms with Gasteiger partial charge in [0, 0.05) is 7.05 Å². The number of hydrogen-bond donors (Lipinski definition) is 2. The zero-order chi connectivity index (χ0) is 15.0. The number of anilines is 2. The van der Waals surface area contributed by atoms with E-state index in [1.165, 1.54) is 9.13 Å². The van der Waals surface area contributed by atoms with Gasteiger partial charge in [0.15, 0.2) is 0 Å². The number of methoxy groups -OCH3 is 1. The molecular weight excluding hydrogens is 272 g/mol. The molecule has 2 N–H and O–H groups in total. The molecule has 0 radical (unpaired) electrons. The molecule has 110 valence electrons. The second-order valence-electron chi connectivity index (χ2n) is 4.83. The fourth-order valence-electron chi connectivity index (χ4n) is 2.40. The number of fused-ring (bicyclic) bond motifs is 1. The number of nitrogens with zero attached hydrogens (tertiary/aromatic N) is 2. The van der Waals surface area contributed by atoms with Gasteiger partial charge in [0.25, 0.3) is 5.56 Å². The van der Waals surface area contributed by atoms with Crippen LogP contribution in [-0.4, -0.2) is 22.9 Å². The number of hydrogen-bond acceptors (Lipinski definition) is 5. The zero-order valence-electron chi connectivity index (χ0n) is 11.8. The molecule has 0 saturated carbocycles. The van der Waals surface area contributed by atoms with E-state index in [0.717, 1.165) is 11.3 Å². The van der Waals surface area contributed by atoms with E-state index < -0.39 is 0 Å². The molecule has 2 heterocycles. The van der Waals surface area contributed by atoms with E-state index >= 15 is 0 Å². The van der Waals surface area contributed by atoms with Crippen LogP contribution in [0, 0.1) is 0 Å². The molecule has 1 aliphatic heterocycles. The van der Waals surface area contributed by atoms with E-state index in [2.05, 4.69) is 10.6 Å². The highest BCUT2D eigenvalue weighted by Gasteiger charge is 2.20. The molecule has 2 aromatic rings. The van der Waals surface area contributed by atoms with Gasteiger partial charge in [-0.1, -0.05) is 12.1 Å². The summed E-state index contributed by atoms with van der Waals surface area (Å²) in [6.07, 6.45) is 0. The van der Waals surface area contributed by atoms with Crippen molar-refractivity contribution >= 4 is 11.5 Å². The van der Waals surface area contributed by atoms with Gasteiger partial charge in [-0.3, -0.25) is 13.9 Å². The summed E-state index contributed by atoms with van der Waals surface area (Å²) in [6.45, 7) is 0.675. The fraction of sp³-hybridized carbons (Fsp3) is 0.286. The maximum atomic E-state index is 12.4. The van der Waals surface area contributed by atoms with Crippen molar-refractivity contribution in [1.82, 2.24) is 9.13 Å². The first-order chi connectivity index (χ1) is 10.1. The van der Waals surface area contributed by atoms with E-state index in [0.29, 0.717) is 18.2 Å². The first kappa shape index (κ1) is 13.3. The van der Waals surface area contributed by atoms with Crippen molar-refractivity contribution in [2.45, 2.75) is 6.54 Å². The average molecular weight is 288 g/mol. The van der Waals surface area contributed by atoms with Crippen LogP contribution < -0.4 is 26.6 Å². The van der Waals surface area contributed by atoms with E-state index in [-0.39, 0.29) is 17.8 Å². The largest absolute Gasteiger partial charge is 0.497 e. The lowest BCUT2D eigenvalue weighted by atomic mass is 10.2. The quantitative estimate of drug-likeness (QED) is 0.855. The van der Waals surface area contributed by atoms with Crippen molar-refractivity contribution < 1.29 is 4.74 Å². The van der Waals surface area contributed by atoms with Gasteiger partial charge in [0.05, 0.1) is 20.3 Å². The van der Waals surface area contributed by atoms with Crippen LogP contribution in [0.5, 0.6) is 5.75 Å². The molecule has 3 rings (SSSR count). The number of rotatable bonds is 3. The van der Waals surface area contributed by atoms with Crippen molar-refractivity contribution in [1.29, 1.82) is 0 Å². The zero-order valence-corrected chi connectivity index (χ0v) is 11.8. The minimum Gasteiger partial charge on any atom is -0.497 e. The number of ether oxygens (including phenoxy) is 1. The molecule has 0 unspecified atom stereocenters. The fourth-order valence-corrected chi connectivity index (χ4v) is 2.40. The maximum Gasteiger partial charge on any atom is 0.332 e. The third-order valence-electron chi connectivity index (χ3n) is 3.57. The molecule has 0 amide bonds. The molecule has 0 spiro atoms. The summed E-state index contributed by atoms with van der Waals surface area (Å²) < 4.78 is 7.76. The molecule has 21 heavy (non-hydrogen) atoms. The van der Waals surface area contributed by atoms with Crippen molar-refractivity contribution in [2.75, 3.05) is 24.4 Å². The monoisotopic (exact) mass is 288 g/mol. The maximum absolute atomic E-state index is 12.4. The van der Waals surface area contributed by atoms with Gasteiger partial charge in [-0.2, -0.15) is 0 Å². The number of aromatic nitrogens is 2. The molecule has 1 aromatic carbocycles. The van der Waals surface area contributed by atoms with Gasteiger partial charge in [-0.05, 0) is 17.7 Å². The second-order valence-corrected chi connectivity index (χ2v) is 4.83. The van der Waals surface area contributed by atoms with Gasteiger partial charge in [0.2, 0.25) is 0 Å². The molecule has 7 heteroatoms. The van der Waals surface area contributed by atoms with E-state index in [1.54, 1.807) is 26.3 Å². The second kappa shape index (κ2) is 5.01. The molecule has 0 fully saturated rings. The lowest BCUT2D eigenvalue weighted by molar-refractivity contribution is 0.414. The van der Waals surface area contributed by atoms with Crippen LogP contribution in [0.3, 0.4) is 0 Å². The Morgan fingerprint density at radius 3 is 2.57 bits per heavy atom. The van der Waals surface area contributed by atoms with Crippen LogP contribution in [-0.2, 0) is 13.6 Å². The topological polar surface area (TPSA) is 77.3 Å². The summed E-state index contributed by atoms with van der Waals surface area (Å²) in [6, 6.07) is 7.28. The predicted octanol–water partition coefficient (Wildman–Crippen LogP) is 0.399. The number of nitrogens with one attached hydrogen (secondary N) is 2. The SMILES string of the molecule is COc1ccc(Cn2c(=O)c3c(n(C)c2=O)NCN3)cc1. The highest BCUT2D eigenvalue weighted by Crippen LogP contribution is 2.19. The van der Waals surface area contributed by atoms with Crippen molar-refractivity contribution in [3.05, 3.63) is 50.7 Å². The minimum absolute atomic E-state index is 0.227. The molecule has 0 bridgehead atoms.